The summed E-state index contributed by atoms with van der Waals surface area (Å²) >= 11 is 0. The Labute approximate surface area is 90.4 Å². The van der Waals surface area contributed by atoms with E-state index in [0.717, 1.165) is 12.1 Å². The van der Waals surface area contributed by atoms with Crippen molar-refractivity contribution in [1.29, 1.82) is 0 Å². The predicted octanol–water partition coefficient (Wildman–Crippen LogP) is -0.0895. The number of carbonyl (C=O) groups is 1. The highest BCUT2D eigenvalue weighted by Crippen LogP contribution is 2.19. The number of carboxylic acids is 1. The minimum absolute atomic E-state index is 0.00375. The Morgan fingerprint density at radius 3 is 2.44 bits per heavy atom. The SMILES string of the molecule is O=C(O)c1ccc(C(O)C(O)CO)cc1F. The summed E-state index contributed by atoms with van der Waals surface area (Å²) in [4.78, 5) is 10.5. The maximum Gasteiger partial charge on any atom is 0.338 e. The van der Waals surface area contributed by atoms with Crippen LogP contribution in [-0.4, -0.2) is 39.1 Å². The molecule has 0 saturated heterocycles. The van der Waals surface area contributed by atoms with Crippen molar-refractivity contribution in [2.75, 3.05) is 6.61 Å². The van der Waals surface area contributed by atoms with Gasteiger partial charge in [0.25, 0.3) is 0 Å². The van der Waals surface area contributed by atoms with Crippen LogP contribution in [0.2, 0.25) is 0 Å². The third-order valence-electron chi connectivity index (χ3n) is 2.12. The van der Waals surface area contributed by atoms with E-state index in [1.165, 1.54) is 6.07 Å². The molecule has 0 heterocycles. The first kappa shape index (κ1) is 12.6. The fourth-order valence-electron chi connectivity index (χ4n) is 1.21. The van der Waals surface area contributed by atoms with Crippen LogP contribution in [-0.2, 0) is 0 Å². The molecule has 0 fully saturated rings. The number of rotatable bonds is 4. The maximum atomic E-state index is 13.2. The average Bonchev–Trinajstić information content (AvgIpc) is 2.26. The molecule has 0 saturated carbocycles. The number of aliphatic hydroxyl groups is 3. The Bertz CT molecular complexity index is 393. The highest BCUT2D eigenvalue weighted by Gasteiger charge is 2.19. The van der Waals surface area contributed by atoms with Crippen LogP contribution >= 0.6 is 0 Å². The lowest BCUT2D eigenvalue weighted by Gasteiger charge is -2.16. The van der Waals surface area contributed by atoms with E-state index in [0.29, 0.717) is 0 Å². The number of halogens is 1. The first-order valence-electron chi connectivity index (χ1n) is 4.47. The van der Waals surface area contributed by atoms with Crippen molar-refractivity contribution in [3.05, 3.63) is 35.1 Å². The molecule has 0 aliphatic carbocycles. The van der Waals surface area contributed by atoms with Crippen LogP contribution in [0, 0.1) is 5.82 Å². The monoisotopic (exact) mass is 230 g/mol. The molecule has 0 amide bonds. The summed E-state index contributed by atoms with van der Waals surface area (Å²) in [5, 5.41) is 35.7. The lowest BCUT2D eigenvalue weighted by molar-refractivity contribution is -0.0154. The lowest BCUT2D eigenvalue weighted by atomic mass is 10.0. The minimum Gasteiger partial charge on any atom is -0.478 e. The molecule has 6 heteroatoms. The zero-order valence-electron chi connectivity index (χ0n) is 8.17. The zero-order valence-corrected chi connectivity index (χ0v) is 8.17. The summed E-state index contributed by atoms with van der Waals surface area (Å²) in [6.45, 7) is -0.677. The summed E-state index contributed by atoms with van der Waals surface area (Å²) in [7, 11) is 0. The van der Waals surface area contributed by atoms with Crippen LogP contribution < -0.4 is 0 Å². The first-order valence-corrected chi connectivity index (χ1v) is 4.47. The molecular weight excluding hydrogens is 219 g/mol. The van der Waals surface area contributed by atoms with Gasteiger partial charge in [0.05, 0.1) is 12.2 Å². The Morgan fingerprint density at radius 2 is 2.00 bits per heavy atom. The molecule has 4 N–H and O–H groups in total. The normalized spacial score (nSPS) is 14.5. The molecule has 0 aromatic heterocycles. The summed E-state index contributed by atoms with van der Waals surface area (Å²) in [6, 6.07) is 2.98. The van der Waals surface area contributed by atoms with E-state index in [1.54, 1.807) is 0 Å². The number of hydrogen-bond acceptors (Lipinski definition) is 4. The fourth-order valence-corrected chi connectivity index (χ4v) is 1.21. The van der Waals surface area contributed by atoms with Gasteiger partial charge in [-0.25, -0.2) is 9.18 Å². The molecule has 0 aliphatic rings. The van der Waals surface area contributed by atoms with Crippen LogP contribution in [0.4, 0.5) is 4.39 Å². The van der Waals surface area contributed by atoms with Crippen LogP contribution in [0.5, 0.6) is 0 Å². The van der Waals surface area contributed by atoms with Crippen LogP contribution in [0.25, 0.3) is 0 Å². The number of hydrogen-bond donors (Lipinski definition) is 4. The quantitative estimate of drug-likeness (QED) is 0.579. The molecule has 1 rings (SSSR count). The van der Waals surface area contributed by atoms with E-state index in [2.05, 4.69) is 0 Å². The van der Waals surface area contributed by atoms with E-state index in [1.807, 2.05) is 0 Å². The van der Waals surface area contributed by atoms with Crippen molar-refractivity contribution < 1.29 is 29.6 Å². The zero-order chi connectivity index (χ0) is 12.3. The second kappa shape index (κ2) is 5.02. The third kappa shape index (κ3) is 2.54. The largest absolute Gasteiger partial charge is 0.478 e. The third-order valence-corrected chi connectivity index (χ3v) is 2.12. The summed E-state index contributed by atoms with van der Waals surface area (Å²) in [5.41, 5.74) is -0.515. The number of aliphatic hydroxyl groups excluding tert-OH is 3. The first-order chi connectivity index (χ1) is 7.47. The van der Waals surface area contributed by atoms with E-state index in [9.17, 15) is 14.3 Å². The molecule has 16 heavy (non-hydrogen) atoms. The molecule has 88 valence electrons. The summed E-state index contributed by atoms with van der Waals surface area (Å²) in [6.07, 6.45) is -2.89. The molecule has 2 unspecified atom stereocenters. The molecule has 2 atom stereocenters. The van der Waals surface area contributed by atoms with Crippen molar-refractivity contribution in [3.63, 3.8) is 0 Å². The molecule has 0 aliphatic heterocycles. The standard InChI is InChI=1S/C10H11FO5/c11-7-3-5(9(14)8(13)4-12)1-2-6(7)10(15)16/h1-3,8-9,12-14H,4H2,(H,15,16). The molecule has 0 radical (unpaired) electrons. The van der Waals surface area contributed by atoms with Gasteiger partial charge < -0.3 is 20.4 Å². The predicted molar refractivity (Wildman–Crippen MR) is 51.4 cm³/mol. The van der Waals surface area contributed by atoms with Gasteiger partial charge in [-0.3, -0.25) is 0 Å². The molecule has 0 bridgehead atoms. The van der Waals surface area contributed by atoms with E-state index >= 15 is 0 Å². The molecule has 1 aromatic carbocycles. The smallest absolute Gasteiger partial charge is 0.338 e. The molecule has 5 nitrogen and oxygen atoms in total. The molecule has 0 spiro atoms. The summed E-state index contributed by atoms with van der Waals surface area (Å²) < 4.78 is 13.2. The van der Waals surface area contributed by atoms with E-state index in [-0.39, 0.29) is 5.56 Å². The van der Waals surface area contributed by atoms with Crippen LogP contribution in [0.15, 0.2) is 18.2 Å². The Hall–Kier alpha value is -1.50. The van der Waals surface area contributed by atoms with Gasteiger partial charge in [-0.2, -0.15) is 0 Å². The second-order valence-electron chi connectivity index (χ2n) is 3.24. The van der Waals surface area contributed by atoms with Crippen LogP contribution in [0.1, 0.15) is 22.0 Å². The second-order valence-corrected chi connectivity index (χ2v) is 3.24. The van der Waals surface area contributed by atoms with Gasteiger partial charge in [0, 0.05) is 0 Å². The van der Waals surface area contributed by atoms with E-state index < -0.39 is 36.2 Å². The minimum atomic E-state index is -1.46. The number of carboxylic acid groups (broad SMARTS) is 1. The molecule has 1 aromatic rings. The van der Waals surface area contributed by atoms with E-state index in [4.69, 9.17) is 15.3 Å². The lowest BCUT2D eigenvalue weighted by Crippen LogP contribution is -2.22. The van der Waals surface area contributed by atoms with Gasteiger partial charge in [-0.15, -0.1) is 0 Å². The van der Waals surface area contributed by atoms with Gasteiger partial charge in [-0.05, 0) is 17.7 Å². The highest BCUT2D eigenvalue weighted by atomic mass is 19.1. The van der Waals surface area contributed by atoms with Gasteiger partial charge in [0.1, 0.15) is 18.0 Å². The topological polar surface area (TPSA) is 98.0 Å². The Kier molecular flexibility index (Phi) is 3.94. The van der Waals surface area contributed by atoms with Crippen molar-refractivity contribution in [2.45, 2.75) is 12.2 Å². The number of benzene rings is 1. The van der Waals surface area contributed by atoms with Crippen molar-refractivity contribution in [1.82, 2.24) is 0 Å². The van der Waals surface area contributed by atoms with Crippen molar-refractivity contribution in [2.24, 2.45) is 0 Å². The Morgan fingerprint density at radius 1 is 1.38 bits per heavy atom. The van der Waals surface area contributed by atoms with Gasteiger partial charge >= 0.3 is 5.97 Å². The molecular formula is C10H11FO5. The number of aromatic carboxylic acids is 1. The Balaban J connectivity index is 3.01. The highest BCUT2D eigenvalue weighted by molar-refractivity contribution is 5.87. The van der Waals surface area contributed by atoms with Gasteiger partial charge in [-0.1, -0.05) is 6.07 Å². The average molecular weight is 230 g/mol. The van der Waals surface area contributed by atoms with Gasteiger partial charge in [0.2, 0.25) is 0 Å². The van der Waals surface area contributed by atoms with Crippen LogP contribution in [0.3, 0.4) is 0 Å². The van der Waals surface area contributed by atoms with Crippen molar-refractivity contribution in [3.8, 4) is 0 Å². The van der Waals surface area contributed by atoms with Crippen molar-refractivity contribution >= 4 is 5.97 Å². The summed E-state index contributed by atoms with van der Waals surface area (Å²) in [5.74, 6) is -2.42. The van der Waals surface area contributed by atoms with Gasteiger partial charge in [0.15, 0.2) is 0 Å². The maximum absolute atomic E-state index is 13.2. The fraction of sp³-hybridized carbons (Fsp3) is 0.300.